The van der Waals surface area contributed by atoms with Crippen LogP contribution in [0.4, 0.5) is 0 Å². The minimum absolute atomic E-state index is 0.114. The lowest BCUT2D eigenvalue weighted by molar-refractivity contribution is -0.118. The maximum absolute atomic E-state index is 13.9. The molecule has 0 radical (unpaired) electrons. The molecule has 5 heteroatoms. The second-order valence-electron chi connectivity index (χ2n) is 12.1. The van der Waals surface area contributed by atoms with Crippen LogP contribution in [0.15, 0.2) is 72.8 Å². The number of aldehydes is 1. The SMILES string of the molecule is CC(C)(C)O.COc1cc(C(=O)N2Cc3ccccc3CC2(C=O)Cc2ccccc2)ccc1C(C)(C)C. The van der Waals surface area contributed by atoms with Gasteiger partial charge in [0.25, 0.3) is 5.91 Å². The predicted octanol–water partition coefficient (Wildman–Crippen LogP) is 6.15. The summed E-state index contributed by atoms with van der Waals surface area (Å²) in [6.45, 7) is 12.0. The van der Waals surface area contributed by atoms with Gasteiger partial charge in [0, 0.05) is 24.9 Å². The smallest absolute Gasteiger partial charge is 0.255 e. The summed E-state index contributed by atoms with van der Waals surface area (Å²) in [5, 5.41) is 8.52. The van der Waals surface area contributed by atoms with E-state index in [1.54, 1.807) is 32.8 Å². The maximum Gasteiger partial charge on any atom is 0.255 e. The lowest BCUT2D eigenvalue weighted by Crippen LogP contribution is -2.58. The summed E-state index contributed by atoms with van der Waals surface area (Å²) in [5.41, 5.74) is 3.22. The molecule has 1 aliphatic heterocycles. The molecule has 0 spiro atoms. The van der Waals surface area contributed by atoms with Crippen LogP contribution < -0.4 is 4.74 Å². The van der Waals surface area contributed by atoms with Crippen molar-refractivity contribution in [2.24, 2.45) is 0 Å². The third-order valence-electron chi connectivity index (χ3n) is 6.56. The Balaban J connectivity index is 0.000000732. The summed E-state index contributed by atoms with van der Waals surface area (Å²) in [4.78, 5) is 28.4. The highest BCUT2D eigenvalue weighted by Gasteiger charge is 2.44. The van der Waals surface area contributed by atoms with Gasteiger partial charge in [-0.1, -0.05) is 81.4 Å². The molecular weight excluding hydrogens is 474 g/mol. The highest BCUT2D eigenvalue weighted by atomic mass is 16.5. The van der Waals surface area contributed by atoms with E-state index in [0.717, 1.165) is 28.5 Å². The number of rotatable bonds is 5. The van der Waals surface area contributed by atoms with Crippen molar-refractivity contribution in [3.05, 3.63) is 101 Å². The molecule has 1 N–H and O–H groups in total. The van der Waals surface area contributed by atoms with Gasteiger partial charge in [0.1, 0.15) is 17.6 Å². The number of aliphatic hydroxyl groups is 1. The van der Waals surface area contributed by atoms with Crippen LogP contribution in [0.2, 0.25) is 0 Å². The maximum atomic E-state index is 13.9. The van der Waals surface area contributed by atoms with E-state index in [-0.39, 0.29) is 11.3 Å². The molecule has 3 aromatic carbocycles. The van der Waals surface area contributed by atoms with E-state index in [1.165, 1.54) is 0 Å². The molecule has 0 aromatic heterocycles. The number of hydrogen-bond donors (Lipinski definition) is 1. The minimum Gasteiger partial charge on any atom is -0.496 e. The Bertz CT molecular complexity index is 1250. The third-order valence-corrected chi connectivity index (χ3v) is 6.56. The van der Waals surface area contributed by atoms with Crippen molar-refractivity contribution in [2.45, 2.75) is 77.5 Å². The van der Waals surface area contributed by atoms with Gasteiger partial charge in [-0.3, -0.25) is 4.79 Å². The fourth-order valence-electron chi connectivity index (χ4n) is 4.77. The Morgan fingerprint density at radius 3 is 2.08 bits per heavy atom. The Kier molecular flexibility index (Phi) is 8.83. The van der Waals surface area contributed by atoms with E-state index in [4.69, 9.17) is 9.84 Å². The minimum atomic E-state index is -0.956. The van der Waals surface area contributed by atoms with Crippen molar-refractivity contribution >= 4 is 12.2 Å². The van der Waals surface area contributed by atoms with Gasteiger partial charge in [-0.05, 0) is 60.6 Å². The highest BCUT2D eigenvalue weighted by Crippen LogP contribution is 2.36. The molecule has 3 aromatic rings. The van der Waals surface area contributed by atoms with Crippen LogP contribution >= 0.6 is 0 Å². The zero-order valence-corrected chi connectivity index (χ0v) is 23.7. The monoisotopic (exact) mass is 515 g/mol. The zero-order valence-electron chi connectivity index (χ0n) is 23.7. The van der Waals surface area contributed by atoms with Gasteiger partial charge in [0.2, 0.25) is 0 Å². The van der Waals surface area contributed by atoms with E-state index in [9.17, 15) is 9.59 Å². The summed E-state index contributed by atoms with van der Waals surface area (Å²) in [6.07, 6.45) is 1.92. The van der Waals surface area contributed by atoms with Crippen LogP contribution in [0.1, 0.15) is 74.2 Å². The average Bonchev–Trinajstić information content (AvgIpc) is 2.86. The number of nitrogens with zero attached hydrogens (tertiary/aromatic N) is 1. The predicted molar refractivity (Wildman–Crippen MR) is 153 cm³/mol. The topological polar surface area (TPSA) is 66.8 Å². The van der Waals surface area contributed by atoms with Crippen molar-refractivity contribution in [1.29, 1.82) is 0 Å². The second kappa shape index (κ2) is 11.5. The van der Waals surface area contributed by atoms with Gasteiger partial charge >= 0.3 is 0 Å². The van der Waals surface area contributed by atoms with Gasteiger partial charge in [-0.15, -0.1) is 0 Å². The van der Waals surface area contributed by atoms with E-state index in [1.807, 2.05) is 66.7 Å². The van der Waals surface area contributed by atoms with Crippen molar-refractivity contribution in [3.8, 4) is 5.75 Å². The number of methoxy groups -OCH3 is 1. The first-order valence-electron chi connectivity index (χ1n) is 13.1. The van der Waals surface area contributed by atoms with Crippen LogP contribution in [-0.4, -0.2) is 40.4 Å². The molecule has 5 nitrogen and oxygen atoms in total. The molecular formula is C33H41NO4. The number of carbonyl (C=O) groups is 2. The molecule has 4 rings (SSSR count). The quantitative estimate of drug-likeness (QED) is 0.414. The molecule has 38 heavy (non-hydrogen) atoms. The summed E-state index contributed by atoms with van der Waals surface area (Å²) >= 11 is 0. The molecule has 0 fully saturated rings. The molecule has 1 aliphatic rings. The summed E-state index contributed by atoms with van der Waals surface area (Å²) in [7, 11) is 1.63. The molecule has 0 aliphatic carbocycles. The van der Waals surface area contributed by atoms with Crippen molar-refractivity contribution in [1.82, 2.24) is 4.90 Å². The Hall–Kier alpha value is -3.44. The van der Waals surface area contributed by atoms with Crippen molar-refractivity contribution in [2.75, 3.05) is 7.11 Å². The van der Waals surface area contributed by atoms with Gasteiger partial charge in [0.05, 0.1) is 12.7 Å². The Morgan fingerprint density at radius 2 is 1.53 bits per heavy atom. The average molecular weight is 516 g/mol. The van der Waals surface area contributed by atoms with E-state index < -0.39 is 11.1 Å². The molecule has 202 valence electrons. The lowest BCUT2D eigenvalue weighted by Gasteiger charge is -2.44. The summed E-state index contributed by atoms with van der Waals surface area (Å²) in [6, 6.07) is 23.6. The molecule has 0 saturated carbocycles. The molecule has 0 bridgehead atoms. The zero-order chi connectivity index (χ0) is 28.1. The highest BCUT2D eigenvalue weighted by molar-refractivity contribution is 5.97. The van der Waals surface area contributed by atoms with Crippen LogP contribution in [0.3, 0.4) is 0 Å². The first kappa shape index (κ1) is 29.1. The normalized spacial score (nSPS) is 17.1. The van der Waals surface area contributed by atoms with Gasteiger partial charge in [-0.25, -0.2) is 0 Å². The molecule has 1 unspecified atom stereocenters. The third kappa shape index (κ3) is 7.11. The Morgan fingerprint density at radius 1 is 0.947 bits per heavy atom. The number of ether oxygens (including phenoxy) is 1. The number of fused-ring (bicyclic) bond motifs is 1. The number of carbonyl (C=O) groups excluding carboxylic acids is 2. The lowest BCUT2D eigenvalue weighted by atomic mass is 9.79. The van der Waals surface area contributed by atoms with Crippen LogP contribution in [0, 0.1) is 0 Å². The number of amides is 1. The summed E-state index contributed by atoms with van der Waals surface area (Å²) < 4.78 is 5.64. The molecule has 1 amide bonds. The number of hydrogen-bond acceptors (Lipinski definition) is 4. The largest absolute Gasteiger partial charge is 0.496 e. The Labute approximate surface area is 227 Å². The van der Waals surface area contributed by atoms with Crippen LogP contribution in [0.5, 0.6) is 5.75 Å². The molecule has 0 saturated heterocycles. The number of benzene rings is 3. The second-order valence-corrected chi connectivity index (χ2v) is 12.1. The van der Waals surface area contributed by atoms with Gasteiger partial charge < -0.3 is 19.5 Å². The van der Waals surface area contributed by atoms with E-state index in [0.29, 0.717) is 30.7 Å². The van der Waals surface area contributed by atoms with Crippen molar-refractivity contribution < 1.29 is 19.4 Å². The molecule has 1 heterocycles. The molecule has 1 atom stereocenters. The van der Waals surface area contributed by atoms with Gasteiger partial charge in [-0.2, -0.15) is 0 Å². The fourth-order valence-corrected chi connectivity index (χ4v) is 4.77. The van der Waals surface area contributed by atoms with E-state index >= 15 is 0 Å². The van der Waals surface area contributed by atoms with E-state index in [2.05, 4.69) is 26.8 Å². The van der Waals surface area contributed by atoms with Gasteiger partial charge in [0.15, 0.2) is 0 Å². The van der Waals surface area contributed by atoms with Crippen LogP contribution in [-0.2, 0) is 29.6 Å². The van der Waals surface area contributed by atoms with Crippen LogP contribution in [0.25, 0.3) is 0 Å². The fraction of sp³-hybridized carbons (Fsp3) is 0.394. The van der Waals surface area contributed by atoms with Crippen molar-refractivity contribution in [3.63, 3.8) is 0 Å². The standard InChI is InChI=1S/C29H31NO3.C4H10O/c1-28(2,3)25-15-14-22(16-26(25)33-4)27(32)30-19-24-13-9-8-12-23(24)18-29(30,20-31)17-21-10-6-5-7-11-21;1-4(2,3)5/h5-16,20H,17-19H2,1-4H3;5H,1-3H3. The summed E-state index contributed by atoms with van der Waals surface area (Å²) in [5.74, 6) is 0.525. The first-order valence-corrected chi connectivity index (χ1v) is 13.1. The first-order chi connectivity index (χ1) is 17.8.